The van der Waals surface area contributed by atoms with Crippen molar-refractivity contribution in [2.45, 2.75) is 43.9 Å². The van der Waals surface area contributed by atoms with Crippen molar-refractivity contribution in [2.75, 3.05) is 18.5 Å². The number of alkyl halides is 3. The number of hydrogen-bond acceptors (Lipinski definition) is 4. The van der Waals surface area contributed by atoms with Gasteiger partial charge in [0.15, 0.2) is 5.60 Å². The van der Waals surface area contributed by atoms with Gasteiger partial charge in [-0.1, -0.05) is 19.9 Å². The second kappa shape index (κ2) is 9.27. The van der Waals surface area contributed by atoms with Gasteiger partial charge >= 0.3 is 6.18 Å². The van der Waals surface area contributed by atoms with Gasteiger partial charge in [0.2, 0.25) is 0 Å². The minimum atomic E-state index is -4.99. The van der Waals surface area contributed by atoms with Crippen molar-refractivity contribution in [3.63, 3.8) is 0 Å². The average molecular weight is 532 g/mol. The Labute approximate surface area is 215 Å². The normalized spacial score (nSPS) is 15.3. The van der Waals surface area contributed by atoms with E-state index in [0.29, 0.717) is 46.6 Å². The molecule has 1 unspecified atom stereocenters. The van der Waals surface area contributed by atoms with Crippen LogP contribution >= 0.6 is 0 Å². The molecule has 0 saturated carbocycles. The van der Waals surface area contributed by atoms with Gasteiger partial charge < -0.3 is 15.2 Å². The van der Waals surface area contributed by atoms with Crippen LogP contribution in [0.15, 0.2) is 60.8 Å². The second-order valence-electron chi connectivity index (χ2n) is 10.3. The third-order valence-electron chi connectivity index (χ3n) is 7.00. The summed E-state index contributed by atoms with van der Waals surface area (Å²) in [7, 11) is 0. The van der Waals surface area contributed by atoms with Crippen LogP contribution in [0, 0.1) is 11.6 Å². The summed E-state index contributed by atoms with van der Waals surface area (Å²) in [5.41, 5.74) is -2.03. The van der Waals surface area contributed by atoms with Crippen LogP contribution in [0.3, 0.4) is 0 Å². The van der Waals surface area contributed by atoms with E-state index in [-0.39, 0.29) is 5.56 Å². The molecule has 5 nitrogen and oxygen atoms in total. The number of ether oxygens (including phenoxy) is 1. The molecule has 2 N–H and O–H groups in total. The van der Waals surface area contributed by atoms with Crippen molar-refractivity contribution in [1.82, 2.24) is 9.78 Å². The number of benzene rings is 3. The van der Waals surface area contributed by atoms with Crippen LogP contribution in [-0.4, -0.2) is 39.8 Å². The Morgan fingerprint density at radius 3 is 2.47 bits per heavy atom. The predicted molar refractivity (Wildman–Crippen MR) is 134 cm³/mol. The first kappa shape index (κ1) is 26.0. The summed E-state index contributed by atoms with van der Waals surface area (Å²) in [6.45, 7) is 2.55. The molecule has 0 fully saturated rings. The van der Waals surface area contributed by atoms with Crippen LogP contribution in [-0.2, 0) is 11.8 Å². The van der Waals surface area contributed by atoms with E-state index >= 15 is 0 Å². The number of rotatable bonds is 7. The Kier molecular flexibility index (Phi) is 6.33. The SMILES string of the molecule is CC(C)(CC(O)(CNc1cccc2c1cnn2-c1ccc(F)cc1)C(F)(F)F)c1cc(F)cc2c1OCC2. The fraction of sp³-hybridized carbons (Fsp3) is 0.321. The molecule has 0 bridgehead atoms. The molecule has 0 spiro atoms. The minimum Gasteiger partial charge on any atom is -0.493 e. The van der Waals surface area contributed by atoms with E-state index in [9.17, 15) is 27.1 Å². The first-order chi connectivity index (χ1) is 17.9. The van der Waals surface area contributed by atoms with E-state index in [1.807, 2.05) is 0 Å². The molecule has 5 rings (SSSR count). The minimum absolute atomic E-state index is 0.287. The van der Waals surface area contributed by atoms with Gasteiger partial charge in [-0.15, -0.1) is 0 Å². The first-order valence-electron chi connectivity index (χ1n) is 12.1. The molecule has 0 radical (unpaired) electrons. The van der Waals surface area contributed by atoms with Crippen LogP contribution in [0.2, 0.25) is 0 Å². The summed E-state index contributed by atoms with van der Waals surface area (Å²) >= 11 is 0. The average Bonchev–Trinajstić information content (AvgIpc) is 3.49. The van der Waals surface area contributed by atoms with E-state index in [4.69, 9.17) is 4.74 Å². The quantitative estimate of drug-likeness (QED) is 0.275. The summed E-state index contributed by atoms with van der Waals surface area (Å²) in [6.07, 6.45) is -3.76. The summed E-state index contributed by atoms with van der Waals surface area (Å²) in [4.78, 5) is 0. The van der Waals surface area contributed by atoms with Crippen molar-refractivity contribution in [1.29, 1.82) is 0 Å². The number of hydrogen-bond donors (Lipinski definition) is 2. The molecular formula is C28H26F5N3O2. The molecule has 38 heavy (non-hydrogen) atoms. The van der Waals surface area contributed by atoms with E-state index < -0.39 is 41.8 Å². The number of halogens is 5. The van der Waals surface area contributed by atoms with E-state index in [1.54, 1.807) is 35.0 Å². The lowest BCUT2D eigenvalue weighted by Gasteiger charge is -2.38. The van der Waals surface area contributed by atoms with Gasteiger partial charge in [0, 0.05) is 28.6 Å². The molecule has 1 aromatic heterocycles. The topological polar surface area (TPSA) is 59.3 Å². The molecule has 0 aliphatic carbocycles. The van der Waals surface area contributed by atoms with Crippen molar-refractivity contribution in [3.8, 4) is 11.4 Å². The Hall–Kier alpha value is -3.66. The smallest absolute Gasteiger partial charge is 0.418 e. The molecule has 4 aromatic rings. The van der Waals surface area contributed by atoms with Gasteiger partial charge in [0.25, 0.3) is 0 Å². The van der Waals surface area contributed by atoms with Crippen molar-refractivity contribution < 1.29 is 31.8 Å². The summed E-state index contributed by atoms with van der Waals surface area (Å²) in [5, 5.41) is 18.6. The van der Waals surface area contributed by atoms with Gasteiger partial charge in [0.05, 0.1) is 30.6 Å². The number of nitrogens with zero attached hydrogens (tertiary/aromatic N) is 2. The third kappa shape index (κ3) is 4.69. The van der Waals surface area contributed by atoms with Gasteiger partial charge in [-0.05, 0) is 60.4 Å². The monoisotopic (exact) mass is 531 g/mol. The Balaban J connectivity index is 1.44. The highest BCUT2D eigenvalue weighted by atomic mass is 19.4. The highest BCUT2D eigenvalue weighted by molar-refractivity contribution is 5.92. The fourth-order valence-corrected chi connectivity index (χ4v) is 5.10. The van der Waals surface area contributed by atoms with Crippen molar-refractivity contribution in [2.24, 2.45) is 0 Å². The first-order valence-corrected chi connectivity index (χ1v) is 12.1. The highest BCUT2D eigenvalue weighted by Crippen LogP contribution is 2.46. The zero-order valence-corrected chi connectivity index (χ0v) is 20.7. The summed E-state index contributed by atoms with van der Waals surface area (Å²) in [6, 6.07) is 13.1. The molecule has 0 saturated heterocycles. The molecule has 1 aliphatic heterocycles. The lowest BCUT2D eigenvalue weighted by atomic mass is 9.74. The third-order valence-corrected chi connectivity index (χ3v) is 7.00. The fourth-order valence-electron chi connectivity index (χ4n) is 5.10. The molecule has 200 valence electrons. The maximum absolute atomic E-state index is 14.3. The largest absolute Gasteiger partial charge is 0.493 e. The Morgan fingerprint density at radius 2 is 1.76 bits per heavy atom. The molecule has 1 aliphatic rings. The van der Waals surface area contributed by atoms with Crippen LogP contribution in [0.4, 0.5) is 27.6 Å². The van der Waals surface area contributed by atoms with Crippen molar-refractivity contribution >= 4 is 16.6 Å². The predicted octanol–water partition coefficient (Wildman–Crippen LogP) is 6.31. The number of aliphatic hydroxyl groups is 1. The van der Waals surface area contributed by atoms with Gasteiger partial charge in [0.1, 0.15) is 17.4 Å². The number of fused-ring (bicyclic) bond motifs is 2. The molecule has 3 aromatic carbocycles. The van der Waals surface area contributed by atoms with Crippen LogP contribution in [0.5, 0.6) is 5.75 Å². The highest BCUT2D eigenvalue weighted by Gasteiger charge is 2.56. The molecule has 2 heterocycles. The molecular weight excluding hydrogens is 505 g/mol. The summed E-state index contributed by atoms with van der Waals surface area (Å²) in [5.74, 6) is -0.584. The number of anilines is 1. The molecule has 1 atom stereocenters. The standard InChI is InChI=1S/C28H26F5N3O2/c1-26(2,22-13-19(30)12-17-10-11-38-25(17)22)15-27(37,28(31,32)33)16-34-23-4-3-5-24-21(23)14-35-36(24)20-8-6-18(29)7-9-20/h3-9,12-14,34,37H,10-11,15-16H2,1-2H3. The number of aromatic nitrogens is 2. The van der Waals surface area contributed by atoms with E-state index in [0.717, 1.165) is 0 Å². The summed E-state index contributed by atoms with van der Waals surface area (Å²) < 4.78 is 77.8. The van der Waals surface area contributed by atoms with Gasteiger partial charge in [-0.25, -0.2) is 13.5 Å². The zero-order valence-electron chi connectivity index (χ0n) is 20.7. The lowest BCUT2D eigenvalue weighted by Crippen LogP contribution is -2.53. The van der Waals surface area contributed by atoms with Gasteiger partial charge in [-0.2, -0.15) is 18.3 Å². The maximum Gasteiger partial charge on any atom is 0.418 e. The Morgan fingerprint density at radius 1 is 1.03 bits per heavy atom. The van der Waals surface area contributed by atoms with Crippen LogP contribution in [0.25, 0.3) is 16.6 Å². The van der Waals surface area contributed by atoms with Crippen LogP contribution < -0.4 is 10.1 Å². The van der Waals surface area contributed by atoms with Crippen LogP contribution in [0.1, 0.15) is 31.4 Å². The molecule has 0 amide bonds. The Bertz CT molecular complexity index is 1480. The van der Waals surface area contributed by atoms with Crippen molar-refractivity contribution in [3.05, 3.63) is 83.6 Å². The lowest BCUT2D eigenvalue weighted by molar-refractivity contribution is -0.260. The van der Waals surface area contributed by atoms with E-state index in [2.05, 4.69) is 10.4 Å². The zero-order chi connectivity index (χ0) is 27.3. The maximum atomic E-state index is 14.3. The van der Waals surface area contributed by atoms with E-state index in [1.165, 1.54) is 44.3 Å². The second-order valence-corrected chi connectivity index (χ2v) is 10.3. The molecule has 10 heteroatoms. The number of nitrogens with one attached hydrogen (secondary N) is 1. The van der Waals surface area contributed by atoms with Gasteiger partial charge in [-0.3, -0.25) is 0 Å².